The Morgan fingerprint density at radius 2 is 1.84 bits per heavy atom. The monoisotopic (exact) mass is 248 g/mol. The second-order valence-electron chi connectivity index (χ2n) is 4.40. The number of pyridine rings is 2. The maximum atomic E-state index is 12.6. The molecule has 92 valence electrons. The number of benzene rings is 1. The first kappa shape index (κ1) is 11.5. The van der Waals surface area contributed by atoms with Gasteiger partial charge in [0.25, 0.3) is 0 Å². The summed E-state index contributed by atoms with van der Waals surface area (Å²) >= 11 is 0. The van der Waals surface area contributed by atoms with E-state index in [9.17, 15) is 4.79 Å². The Bertz CT molecular complexity index is 760. The molecule has 19 heavy (non-hydrogen) atoms. The molecule has 0 unspecified atom stereocenters. The van der Waals surface area contributed by atoms with Crippen LogP contribution in [0.25, 0.3) is 10.9 Å². The van der Waals surface area contributed by atoms with Crippen LogP contribution in [0.15, 0.2) is 55.0 Å². The van der Waals surface area contributed by atoms with E-state index in [2.05, 4.69) is 9.97 Å². The third-order valence-corrected chi connectivity index (χ3v) is 3.18. The fourth-order valence-corrected chi connectivity index (χ4v) is 2.14. The summed E-state index contributed by atoms with van der Waals surface area (Å²) in [5, 5.41) is 0.873. The molecular formula is C16H12N2O. The topological polar surface area (TPSA) is 42.9 Å². The number of ketones is 1. The maximum absolute atomic E-state index is 12.6. The Morgan fingerprint density at radius 1 is 1.00 bits per heavy atom. The zero-order valence-electron chi connectivity index (χ0n) is 10.5. The van der Waals surface area contributed by atoms with Crippen molar-refractivity contribution in [2.75, 3.05) is 0 Å². The van der Waals surface area contributed by atoms with E-state index < -0.39 is 0 Å². The fourth-order valence-electron chi connectivity index (χ4n) is 2.14. The zero-order chi connectivity index (χ0) is 13.2. The van der Waals surface area contributed by atoms with E-state index in [1.165, 1.54) is 0 Å². The summed E-state index contributed by atoms with van der Waals surface area (Å²) in [5.41, 5.74) is 3.07. The lowest BCUT2D eigenvalue weighted by atomic mass is 9.98. The molecule has 3 heteroatoms. The molecule has 3 aromatic rings. The molecule has 1 aromatic carbocycles. The number of nitrogens with zero attached hydrogens (tertiary/aromatic N) is 2. The minimum absolute atomic E-state index is 0.01000. The van der Waals surface area contributed by atoms with Crippen molar-refractivity contribution in [2.24, 2.45) is 0 Å². The molecule has 2 heterocycles. The molecule has 0 saturated heterocycles. The molecule has 3 rings (SSSR count). The van der Waals surface area contributed by atoms with Crippen molar-refractivity contribution in [3.05, 3.63) is 71.7 Å². The van der Waals surface area contributed by atoms with Crippen LogP contribution in [0.3, 0.4) is 0 Å². The van der Waals surface area contributed by atoms with Crippen molar-refractivity contribution in [1.29, 1.82) is 0 Å². The number of carbonyl (C=O) groups excluding carboxylic acids is 1. The predicted octanol–water partition coefficient (Wildman–Crippen LogP) is 3.17. The second kappa shape index (κ2) is 4.61. The predicted molar refractivity (Wildman–Crippen MR) is 74.1 cm³/mol. The van der Waals surface area contributed by atoms with Crippen LogP contribution in [0.4, 0.5) is 0 Å². The molecular weight excluding hydrogens is 236 g/mol. The van der Waals surface area contributed by atoms with Crippen molar-refractivity contribution in [3.63, 3.8) is 0 Å². The molecule has 0 spiro atoms. The van der Waals surface area contributed by atoms with Crippen LogP contribution >= 0.6 is 0 Å². The summed E-state index contributed by atoms with van der Waals surface area (Å²) in [5.74, 6) is -0.01000. The minimum Gasteiger partial charge on any atom is -0.289 e. The Morgan fingerprint density at radius 3 is 2.68 bits per heavy atom. The Labute approximate surface area is 111 Å². The Hall–Kier alpha value is -2.55. The number of rotatable bonds is 2. The average Bonchev–Trinajstić information content (AvgIpc) is 2.46. The quantitative estimate of drug-likeness (QED) is 0.654. The highest BCUT2D eigenvalue weighted by Crippen LogP contribution is 2.20. The lowest BCUT2D eigenvalue weighted by Gasteiger charge is -2.06. The Balaban J connectivity index is 2.20. The zero-order valence-corrected chi connectivity index (χ0v) is 10.5. The molecule has 0 fully saturated rings. The van der Waals surface area contributed by atoms with Gasteiger partial charge in [0.05, 0.1) is 5.52 Å². The molecule has 0 N–H and O–H groups in total. The summed E-state index contributed by atoms with van der Waals surface area (Å²) in [7, 11) is 0. The summed E-state index contributed by atoms with van der Waals surface area (Å²) in [6, 6.07) is 11.3. The highest BCUT2D eigenvalue weighted by molar-refractivity contribution is 6.16. The first-order chi connectivity index (χ1) is 9.27. The van der Waals surface area contributed by atoms with E-state index in [4.69, 9.17) is 0 Å². The largest absolute Gasteiger partial charge is 0.289 e. The summed E-state index contributed by atoms with van der Waals surface area (Å²) in [6.07, 6.45) is 4.98. The number of hydrogen-bond donors (Lipinski definition) is 0. The number of carbonyl (C=O) groups is 1. The number of fused-ring (bicyclic) bond motifs is 1. The summed E-state index contributed by atoms with van der Waals surface area (Å²) < 4.78 is 0. The van der Waals surface area contributed by atoms with Crippen LogP contribution in [0, 0.1) is 6.92 Å². The smallest absolute Gasteiger partial charge is 0.195 e. The highest BCUT2D eigenvalue weighted by Gasteiger charge is 2.14. The number of aryl methyl sites for hydroxylation is 1. The maximum Gasteiger partial charge on any atom is 0.195 e. The van der Waals surface area contributed by atoms with E-state index in [0.717, 1.165) is 16.5 Å². The van der Waals surface area contributed by atoms with Crippen LogP contribution in [-0.4, -0.2) is 15.8 Å². The van der Waals surface area contributed by atoms with Crippen molar-refractivity contribution < 1.29 is 4.79 Å². The molecule has 3 nitrogen and oxygen atoms in total. The minimum atomic E-state index is -0.01000. The third kappa shape index (κ3) is 1.99. The van der Waals surface area contributed by atoms with Gasteiger partial charge < -0.3 is 0 Å². The van der Waals surface area contributed by atoms with E-state index in [-0.39, 0.29) is 5.78 Å². The van der Waals surface area contributed by atoms with Crippen LogP contribution in [-0.2, 0) is 0 Å². The molecule has 0 saturated carbocycles. The van der Waals surface area contributed by atoms with Gasteiger partial charge in [0.2, 0.25) is 0 Å². The molecule has 0 aliphatic heterocycles. The SMILES string of the molecule is Cc1ccncc1C(=O)c1ccnc2ccccc12. The molecule has 0 bridgehead atoms. The van der Waals surface area contributed by atoms with Gasteiger partial charge in [-0.1, -0.05) is 18.2 Å². The third-order valence-electron chi connectivity index (χ3n) is 3.18. The van der Waals surface area contributed by atoms with Gasteiger partial charge >= 0.3 is 0 Å². The van der Waals surface area contributed by atoms with Gasteiger partial charge in [0.15, 0.2) is 5.78 Å². The van der Waals surface area contributed by atoms with E-state index >= 15 is 0 Å². The van der Waals surface area contributed by atoms with Crippen LogP contribution in [0.2, 0.25) is 0 Å². The van der Waals surface area contributed by atoms with Gasteiger partial charge in [-0.25, -0.2) is 0 Å². The van der Waals surface area contributed by atoms with Crippen molar-refractivity contribution >= 4 is 16.7 Å². The molecule has 0 amide bonds. The van der Waals surface area contributed by atoms with E-state index in [1.54, 1.807) is 24.7 Å². The fraction of sp³-hybridized carbons (Fsp3) is 0.0625. The van der Waals surface area contributed by atoms with Gasteiger partial charge in [0.1, 0.15) is 0 Å². The van der Waals surface area contributed by atoms with Crippen LogP contribution in [0.1, 0.15) is 21.5 Å². The van der Waals surface area contributed by atoms with Crippen LogP contribution < -0.4 is 0 Å². The molecule has 0 aliphatic rings. The van der Waals surface area contributed by atoms with E-state index in [1.807, 2.05) is 37.3 Å². The van der Waals surface area contributed by atoms with Crippen molar-refractivity contribution in [3.8, 4) is 0 Å². The normalized spacial score (nSPS) is 10.6. The lowest BCUT2D eigenvalue weighted by Crippen LogP contribution is -2.05. The van der Waals surface area contributed by atoms with Crippen molar-refractivity contribution in [2.45, 2.75) is 6.92 Å². The first-order valence-electron chi connectivity index (χ1n) is 6.06. The van der Waals surface area contributed by atoms with Gasteiger partial charge in [-0.2, -0.15) is 0 Å². The molecule has 0 radical (unpaired) electrons. The van der Waals surface area contributed by atoms with Gasteiger partial charge in [-0.05, 0) is 30.7 Å². The highest BCUT2D eigenvalue weighted by atomic mass is 16.1. The standard InChI is InChI=1S/C16H12N2O/c1-11-6-8-17-10-14(11)16(19)13-7-9-18-15-5-3-2-4-12(13)15/h2-10H,1H3. The lowest BCUT2D eigenvalue weighted by molar-refractivity contribution is 0.103. The first-order valence-corrected chi connectivity index (χ1v) is 6.06. The molecule has 0 atom stereocenters. The van der Waals surface area contributed by atoms with Gasteiger partial charge in [-0.15, -0.1) is 0 Å². The average molecular weight is 248 g/mol. The summed E-state index contributed by atoms with van der Waals surface area (Å²) in [6.45, 7) is 1.91. The molecule has 0 aliphatic carbocycles. The van der Waals surface area contributed by atoms with Crippen LogP contribution in [0.5, 0.6) is 0 Å². The van der Waals surface area contributed by atoms with Crippen molar-refractivity contribution in [1.82, 2.24) is 9.97 Å². The summed E-state index contributed by atoms with van der Waals surface area (Å²) in [4.78, 5) is 20.9. The number of hydrogen-bond acceptors (Lipinski definition) is 3. The van der Waals surface area contributed by atoms with E-state index in [0.29, 0.717) is 11.1 Å². The Kier molecular flexibility index (Phi) is 2.80. The van der Waals surface area contributed by atoms with Gasteiger partial charge in [-0.3, -0.25) is 14.8 Å². The second-order valence-corrected chi connectivity index (χ2v) is 4.40. The molecule has 2 aromatic heterocycles. The number of para-hydroxylation sites is 1. The van der Waals surface area contributed by atoms with Gasteiger partial charge in [0, 0.05) is 35.1 Å². The number of aromatic nitrogens is 2.